The maximum atomic E-state index is 5.03. The van der Waals surface area contributed by atoms with Crippen LogP contribution in [0.15, 0.2) is 382 Å². The Hall–Kier alpha value is -12.2. The van der Waals surface area contributed by atoms with Gasteiger partial charge in [0.1, 0.15) is 0 Å². The van der Waals surface area contributed by atoms with E-state index in [4.69, 9.17) is 4.98 Å². The molecule has 13 aromatic carbocycles. The monoisotopic (exact) mass is 1160 g/mol. The first-order valence-electron chi connectivity index (χ1n) is 30.4. The molecule has 1 heterocycles. The van der Waals surface area contributed by atoms with Crippen molar-refractivity contribution in [3.05, 3.63) is 382 Å². The molecule has 0 aliphatic rings. The summed E-state index contributed by atoms with van der Waals surface area (Å²) in [4.78, 5) is 19.2. The van der Waals surface area contributed by atoms with Crippen LogP contribution in [-0.2, 0) is 0 Å². The van der Waals surface area contributed by atoms with E-state index < -0.39 is 0 Å². The lowest BCUT2D eigenvalue weighted by Gasteiger charge is -2.34. The van der Waals surface area contributed by atoms with E-state index in [2.05, 4.69) is 399 Å². The van der Waals surface area contributed by atoms with Crippen molar-refractivity contribution in [1.29, 1.82) is 0 Å². The quantitative estimate of drug-likeness (QED) is 0.0798. The zero-order valence-electron chi connectivity index (χ0n) is 49.5. The molecular formula is C83H63N7. The Bertz CT molecular complexity index is 4230. The van der Waals surface area contributed by atoms with E-state index in [1.54, 1.807) is 0 Å². The van der Waals surface area contributed by atoms with Gasteiger partial charge >= 0.3 is 0 Å². The molecule has 0 amide bonds. The molecule has 0 atom stereocenters. The molecule has 0 spiro atoms. The van der Waals surface area contributed by atoms with E-state index in [1.165, 1.54) is 0 Å². The van der Waals surface area contributed by atoms with Crippen LogP contribution >= 0.6 is 0 Å². The predicted octanol–water partition coefficient (Wildman–Crippen LogP) is 23.6. The van der Waals surface area contributed by atoms with Crippen LogP contribution in [0, 0.1) is 0 Å². The lowest BCUT2D eigenvalue weighted by Crippen LogP contribution is -2.18. The van der Waals surface area contributed by atoms with Gasteiger partial charge in [-0.05, 0) is 182 Å². The van der Waals surface area contributed by atoms with Gasteiger partial charge in [-0.2, -0.15) is 0 Å². The Morgan fingerprint density at radius 3 is 0.644 bits per heavy atom. The molecule has 7 heteroatoms. The molecule has 14 aromatic rings. The lowest BCUT2D eigenvalue weighted by molar-refractivity contribution is 1.21. The largest absolute Gasteiger partial charge is 0.310 e. The summed E-state index contributed by atoms with van der Waals surface area (Å²) in [7, 11) is 0. The summed E-state index contributed by atoms with van der Waals surface area (Å²) in [5, 5.41) is 0. The van der Waals surface area contributed by atoms with E-state index >= 15 is 0 Å². The Balaban J connectivity index is 1.04. The van der Waals surface area contributed by atoms with Gasteiger partial charge in [0.15, 0.2) is 0 Å². The number of aromatic nitrogens is 1. The highest BCUT2D eigenvalue weighted by molar-refractivity contribution is 5.95. The minimum atomic E-state index is 0.856. The van der Waals surface area contributed by atoms with Gasteiger partial charge in [-0.25, -0.2) is 0 Å². The van der Waals surface area contributed by atoms with E-state index in [1.807, 2.05) is 12.3 Å². The number of para-hydroxylation sites is 10. The number of hydrogen-bond donors (Lipinski definition) is 0. The van der Waals surface area contributed by atoms with Crippen molar-refractivity contribution < 1.29 is 0 Å². The fraction of sp³-hybridized carbons (Fsp3) is 0. The molecule has 90 heavy (non-hydrogen) atoms. The number of nitrogens with zero attached hydrogens (tertiary/aromatic N) is 7. The van der Waals surface area contributed by atoms with Gasteiger partial charge in [-0.15, -0.1) is 0 Å². The van der Waals surface area contributed by atoms with Gasteiger partial charge < -0.3 is 29.4 Å². The third kappa shape index (κ3) is 11.9. The fourth-order valence-corrected chi connectivity index (χ4v) is 12.0. The van der Waals surface area contributed by atoms with Gasteiger partial charge in [0.25, 0.3) is 0 Å². The van der Waals surface area contributed by atoms with E-state index in [0.717, 1.165) is 114 Å². The zero-order chi connectivity index (χ0) is 60.3. The molecule has 430 valence electrons. The number of benzene rings is 13. The van der Waals surface area contributed by atoms with Crippen molar-refractivity contribution in [1.82, 2.24) is 4.98 Å². The molecule has 0 aliphatic carbocycles. The van der Waals surface area contributed by atoms with Crippen LogP contribution in [0.25, 0.3) is 11.3 Å². The molecule has 0 radical (unpaired) electrons. The van der Waals surface area contributed by atoms with Crippen molar-refractivity contribution in [2.45, 2.75) is 0 Å². The van der Waals surface area contributed by atoms with Crippen molar-refractivity contribution in [3.63, 3.8) is 0 Å². The highest BCUT2D eigenvalue weighted by Gasteiger charge is 2.27. The second-order valence-corrected chi connectivity index (χ2v) is 21.7. The smallest absolute Gasteiger partial charge is 0.0723 e. The minimum absolute atomic E-state index is 0.856. The van der Waals surface area contributed by atoms with Gasteiger partial charge in [0.2, 0.25) is 0 Å². The standard InChI is InChI=1S/C83H63N7/c1-10-33-64(34-11-1)85(65-35-12-2-13-36-65)75-58-76(86(66-37-14-3-15-38-66)67-39-16-4-17-40-67)61-79(60-75)89(72-49-26-9-27-50-72)73-51-32-52-74(57-73)90(83-55-29-28-53-81(83)82-54-30-31-56-84-82)80-62-77(87(68-41-18-5-19-42-68)69-43-20-6-21-44-69)59-78(63-80)88(70-45-22-7-23-46-70)71-47-24-8-25-48-71/h1-63H. The average molecular weight is 1160 g/mol. The highest BCUT2D eigenvalue weighted by Crippen LogP contribution is 2.51. The summed E-state index contributed by atoms with van der Waals surface area (Å²) in [5.41, 5.74) is 19.6. The van der Waals surface area contributed by atoms with Crippen LogP contribution in [-0.4, -0.2) is 4.98 Å². The average Bonchev–Trinajstić information content (AvgIpc) is 1.05. The van der Waals surface area contributed by atoms with Crippen LogP contribution in [0.1, 0.15) is 0 Å². The minimum Gasteiger partial charge on any atom is -0.310 e. The molecule has 0 fully saturated rings. The third-order valence-corrected chi connectivity index (χ3v) is 15.9. The molecule has 0 N–H and O–H groups in total. The second kappa shape index (κ2) is 26.2. The van der Waals surface area contributed by atoms with Crippen LogP contribution in [0.3, 0.4) is 0 Å². The molecule has 0 saturated carbocycles. The molecule has 0 saturated heterocycles. The summed E-state index contributed by atoms with van der Waals surface area (Å²) >= 11 is 0. The SMILES string of the molecule is c1ccc(N(c2ccccc2)c2cc(N(c3ccccc3)c3ccccc3)cc(N(c3ccccc3)c3cccc(N(c4cc(N(c5ccccc5)c5ccccc5)cc(N(c5ccccc5)c5ccccc5)c4)c4ccccc4-c4ccccn4)c3)c2)cc1. The first-order valence-corrected chi connectivity index (χ1v) is 30.4. The van der Waals surface area contributed by atoms with E-state index in [9.17, 15) is 0 Å². The first-order chi connectivity index (χ1) is 44.7. The Morgan fingerprint density at radius 2 is 0.367 bits per heavy atom. The predicted molar refractivity (Wildman–Crippen MR) is 378 cm³/mol. The van der Waals surface area contributed by atoms with Crippen LogP contribution in [0.2, 0.25) is 0 Å². The molecule has 1 aromatic heterocycles. The lowest BCUT2D eigenvalue weighted by atomic mass is 10.0. The number of hydrogen-bond acceptors (Lipinski definition) is 7. The normalized spacial score (nSPS) is 10.9. The zero-order valence-corrected chi connectivity index (χ0v) is 49.5. The highest BCUT2D eigenvalue weighted by atomic mass is 15.2. The topological polar surface area (TPSA) is 32.3 Å². The van der Waals surface area contributed by atoms with Crippen LogP contribution in [0.5, 0.6) is 0 Å². The summed E-state index contributed by atoms with van der Waals surface area (Å²) < 4.78 is 0. The van der Waals surface area contributed by atoms with Crippen molar-refractivity contribution in [2.75, 3.05) is 29.4 Å². The second-order valence-electron chi connectivity index (χ2n) is 21.7. The Labute approximate surface area is 527 Å². The summed E-state index contributed by atoms with van der Waals surface area (Å²) in [6.45, 7) is 0. The van der Waals surface area contributed by atoms with E-state index in [-0.39, 0.29) is 0 Å². The number of rotatable bonds is 19. The van der Waals surface area contributed by atoms with Crippen molar-refractivity contribution >= 4 is 102 Å². The third-order valence-electron chi connectivity index (χ3n) is 15.9. The summed E-state index contributed by atoms with van der Waals surface area (Å²) in [5.74, 6) is 0. The maximum absolute atomic E-state index is 5.03. The Kier molecular flexibility index (Phi) is 16.2. The summed E-state index contributed by atoms with van der Waals surface area (Å²) in [6, 6.07) is 134. The first kappa shape index (κ1) is 55.7. The molecule has 0 aliphatic heterocycles. The van der Waals surface area contributed by atoms with Crippen LogP contribution < -0.4 is 29.4 Å². The van der Waals surface area contributed by atoms with Gasteiger partial charge in [0, 0.05) is 74.3 Å². The maximum Gasteiger partial charge on any atom is 0.0723 e. The van der Waals surface area contributed by atoms with Gasteiger partial charge in [-0.1, -0.05) is 194 Å². The van der Waals surface area contributed by atoms with Gasteiger partial charge in [-0.3, -0.25) is 4.98 Å². The van der Waals surface area contributed by atoms with Crippen LogP contribution in [0.4, 0.5) is 102 Å². The molecular weight excluding hydrogens is 1090 g/mol. The number of pyridine rings is 1. The fourth-order valence-electron chi connectivity index (χ4n) is 12.0. The van der Waals surface area contributed by atoms with Crippen molar-refractivity contribution in [3.8, 4) is 11.3 Å². The Morgan fingerprint density at radius 1 is 0.156 bits per heavy atom. The molecule has 14 rings (SSSR count). The molecule has 0 unspecified atom stereocenters. The number of anilines is 18. The molecule has 7 nitrogen and oxygen atoms in total. The molecule has 0 bridgehead atoms. The van der Waals surface area contributed by atoms with Crippen molar-refractivity contribution in [2.24, 2.45) is 0 Å². The van der Waals surface area contributed by atoms with Gasteiger partial charge in [0.05, 0.1) is 45.5 Å². The van der Waals surface area contributed by atoms with E-state index in [0.29, 0.717) is 0 Å². The summed E-state index contributed by atoms with van der Waals surface area (Å²) in [6.07, 6.45) is 1.87.